The summed E-state index contributed by atoms with van der Waals surface area (Å²) in [5.41, 5.74) is 0.437. The number of carboxylic acids is 1. The van der Waals surface area contributed by atoms with Crippen molar-refractivity contribution < 1.29 is 9.90 Å². The maximum absolute atomic E-state index is 10.7. The van der Waals surface area contributed by atoms with Crippen LogP contribution in [0, 0.1) is 23.2 Å². The predicted molar refractivity (Wildman–Crippen MR) is 55.5 cm³/mol. The molecule has 0 heterocycles. The fraction of sp³-hybridized carbons (Fsp3) is 0.0909. The van der Waals surface area contributed by atoms with E-state index in [0.717, 1.165) is 0 Å². The Hall–Kier alpha value is -1.97. The monoisotopic (exact) mass is 219 g/mol. The summed E-state index contributed by atoms with van der Waals surface area (Å²) < 4.78 is 0. The Morgan fingerprint density at radius 2 is 2.27 bits per heavy atom. The molecule has 0 amide bonds. The fourth-order valence-electron chi connectivity index (χ4n) is 0.973. The van der Waals surface area contributed by atoms with Gasteiger partial charge in [0.2, 0.25) is 0 Å². The number of carboxylic acid groups (broad SMARTS) is 1. The molecule has 1 rings (SSSR count). The highest BCUT2D eigenvalue weighted by Gasteiger charge is 2.10. The SMILES string of the molecule is N#CCC#Cc1cccc(C(=O)O)c1Cl. The number of carbonyl (C=O) groups is 1. The molecule has 0 spiro atoms. The van der Waals surface area contributed by atoms with Crippen LogP contribution in [0.3, 0.4) is 0 Å². The van der Waals surface area contributed by atoms with Crippen LogP contribution in [0.2, 0.25) is 5.02 Å². The van der Waals surface area contributed by atoms with E-state index in [-0.39, 0.29) is 17.0 Å². The van der Waals surface area contributed by atoms with Gasteiger partial charge in [0, 0.05) is 5.56 Å². The Labute approximate surface area is 91.9 Å². The van der Waals surface area contributed by atoms with Crippen LogP contribution in [0.25, 0.3) is 0 Å². The van der Waals surface area contributed by atoms with Crippen molar-refractivity contribution in [2.45, 2.75) is 6.42 Å². The maximum Gasteiger partial charge on any atom is 0.337 e. The highest BCUT2D eigenvalue weighted by molar-refractivity contribution is 6.34. The van der Waals surface area contributed by atoms with E-state index in [1.807, 2.05) is 6.07 Å². The summed E-state index contributed by atoms with van der Waals surface area (Å²) in [5, 5.41) is 17.2. The molecule has 4 heteroatoms. The van der Waals surface area contributed by atoms with E-state index in [2.05, 4.69) is 11.8 Å². The molecule has 1 aromatic rings. The molecule has 0 aromatic heterocycles. The van der Waals surface area contributed by atoms with Crippen LogP contribution in [-0.2, 0) is 0 Å². The van der Waals surface area contributed by atoms with Gasteiger partial charge < -0.3 is 5.11 Å². The zero-order valence-corrected chi connectivity index (χ0v) is 8.38. The van der Waals surface area contributed by atoms with Gasteiger partial charge >= 0.3 is 5.97 Å². The van der Waals surface area contributed by atoms with Crippen molar-refractivity contribution >= 4 is 17.6 Å². The first kappa shape index (κ1) is 11.1. The minimum Gasteiger partial charge on any atom is -0.478 e. The zero-order valence-electron chi connectivity index (χ0n) is 7.62. The highest BCUT2D eigenvalue weighted by Crippen LogP contribution is 2.20. The van der Waals surface area contributed by atoms with E-state index in [9.17, 15) is 4.79 Å². The van der Waals surface area contributed by atoms with E-state index in [1.54, 1.807) is 12.1 Å². The third-order valence-corrected chi connectivity index (χ3v) is 2.03. The Balaban J connectivity index is 3.13. The number of benzene rings is 1. The van der Waals surface area contributed by atoms with Crippen molar-refractivity contribution in [3.63, 3.8) is 0 Å². The topological polar surface area (TPSA) is 61.1 Å². The van der Waals surface area contributed by atoms with Crippen molar-refractivity contribution in [3.05, 3.63) is 34.3 Å². The molecule has 1 aromatic carbocycles. The quantitative estimate of drug-likeness (QED) is 0.738. The molecule has 0 atom stereocenters. The molecule has 0 radical (unpaired) electrons. The molecular weight excluding hydrogens is 214 g/mol. The largest absolute Gasteiger partial charge is 0.478 e. The van der Waals surface area contributed by atoms with E-state index in [0.29, 0.717) is 5.56 Å². The van der Waals surface area contributed by atoms with Crippen molar-refractivity contribution in [1.82, 2.24) is 0 Å². The lowest BCUT2D eigenvalue weighted by atomic mass is 10.1. The highest BCUT2D eigenvalue weighted by atomic mass is 35.5. The number of hydrogen-bond acceptors (Lipinski definition) is 2. The molecule has 0 aliphatic heterocycles. The van der Waals surface area contributed by atoms with Crippen molar-refractivity contribution in [3.8, 4) is 17.9 Å². The molecule has 0 saturated carbocycles. The third-order valence-electron chi connectivity index (χ3n) is 1.62. The first-order valence-electron chi connectivity index (χ1n) is 4.04. The van der Waals surface area contributed by atoms with Gasteiger partial charge in [0.05, 0.1) is 23.1 Å². The molecular formula is C11H6ClNO2. The summed E-state index contributed by atoms with van der Waals surface area (Å²) in [6.45, 7) is 0. The summed E-state index contributed by atoms with van der Waals surface area (Å²) in [6, 6.07) is 6.44. The van der Waals surface area contributed by atoms with Gasteiger partial charge in [-0.15, -0.1) is 0 Å². The second-order valence-corrected chi connectivity index (χ2v) is 2.99. The minimum absolute atomic E-state index is 0.0143. The average Bonchev–Trinajstić information content (AvgIpc) is 2.20. The van der Waals surface area contributed by atoms with Crippen LogP contribution in [-0.4, -0.2) is 11.1 Å². The lowest BCUT2D eigenvalue weighted by Gasteiger charge is -1.99. The summed E-state index contributed by atoms with van der Waals surface area (Å²) >= 11 is 5.82. The Kier molecular flexibility index (Phi) is 3.74. The van der Waals surface area contributed by atoms with E-state index in [1.165, 1.54) is 6.07 Å². The molecule has 0 aliphatic carbocycles. The molecule has 0 saturated heterocycles. The van der Waals surface area contributed by atoms with Gasteiger partial charge in [0.1, 0.15) is 0 Å². The Morgan fingerprint density at radius 3 is 2.87 bits per heavy atom. The molecule has 1 N–H and O–H groups in total. The van der Waals surface area contributed by atoms with E-state index >= 15 is 0 Å². The van der Waals surface area contributed by atoms with Crippen molar-refractivity contribution in [2.75, 3.05) is 0 Å². The van der Waals surface area contributed by atoms with Gasteiger partial charge in [0.25, 0.3) is 0 Å². The number of nitriles is 1. The number of halogens is 1. The van der Waals surface area contributed by atoms with Crippen molar-refractivity contribution in [2.24, 2.45) is 0 Å². The van der Waals surface area contributed by atoms with Gasteiger partial charge in [-0.25, -0.2) is 4.79 Å². The molecule has 0 bridgehead atoms. The van der Waals surface area contributed by atoms with Crippen LogP contribution >= 0.6 is 11.6 Å². The van der Waals surface area contributed by atoms with Gasteiger partial charge in [-0.05, 0) is 12.1 Å². The normalized spacial score (nSPS) is 8.53. The molecule has 0 unspecified atom stereocenters. The molecule has 3 nitrogen and oxygen atoms in total. The number of nitrogens with zero attached hydrogens (tertiary/aromatic N) is 1. The Bertz CT molecular complexity index is 492. The lowest BCUT2D eigenvalue weighted by Crippen LogP contribution is -1.98. The number of rotatable bonds is 1. The van der Waals surface area contributed by atoms with E-state index in [4.69, 9.17) is 22.0 Å². The van der Waals surface area contributed by atoms with Gasteiger partial charge in [-0.3, -0.25) is 0 Å². The average molecular weight is 220 g/mol. The van der Waals surface area contributed by atoms with Crippen LogP contribution in [0.4, 0.5) is 0 Å². The maximum atomic E-state index is 10.7. The second kappa shape index (κ2) is 5.05. The first-order valence-corrected chi connectivity index (χ1v) is 4.42. The summed E-state index contributed by atoms with van der Waals surface area (Å²) in [7, 11) is 0. The minimum atomic E-state index is -1.09. The van der Waals surface area contributed by atoms with Gasteiger partial charge in [-0.1, -0.05) is 29.5 Å². The molecule has 74 valence electrons. The molecule has 0 fully saturated rings. The third kappa shape index (κ3) is 2.74. The second-order valence-electron chi connectivity index (χ2n) is 2.61. The van der Waals surface area contributed by atoms with Crippen LogP contribution in [0.5, 0.6) is 0 Å². The van der Waals surface area contributed by atoms with Crippen molar-refractivity contribution in [1.29, 1.82) is 5.26 Å². The molecule has 15 heavy (non-hydrogen) atoms. The van der Waals surface area contributed by atoms with Crippen LogP contribution in [0.15, 0.2) is 18.2 Å². The number of aromatic carboxylic acids is 1. The summed E-state index contributed by atoms with van der Waals surface area (Å²) in [6.07, 6.45) is 0.0909. The van der Waals surface area contributed by atoms with Crippen LogP contribution in [0.1, 0.15) is 22.3 Å². The predicted octanol–water partition coefficient (Wildman–Crippen LogP) is 2.30. The summed E-state index contributed by atoms with van der Waals surface area (Å²) in [4.78, 5) is 10.7. The van der Waals surface area contributed by atoms with Crippen LogP contribution < -0.4 is 0 Å². The Morgan fingerprint density at radius 1 is 1.53 bits per heavy atom. The number of hydrogen-bond donors (Lipinski definition) is 1. The first-order chi connectivity index (χ1) is 7.16. The fourth-order valence-corrected chi connectivity index (χ4v) is 1.23. The smallest absolute Gasteiger partial charge is 0.337 e. The standard InChI is InChI=1S/C11H6ClNO2/c12-10-8(4-1-2-7-13)5-3-6-9(10)11(14)15/h3,5-6H,2H2,(H,14,15). The molecule has 0 aliphatic rings. The zero-order chi connectivity index (χ0) is 11.3. The van der Waals surface area contributed by atoms with Gasteiger partial charge in [-0.2, -0.15) is 5.26 Å². The lowest BCUT2D eigenvalue weighted by molar-refractivity contribution is 0.0697. The van der Waals surface area contributed by atoms with Gasteiger partial charge in [0.15, 0.2) is 0 Å². The van der Waals surface area contributed by atoms with E-state index < -0.39 is 5.97 Å². The summed E-state index contributed by atoms with van der Waals surface area (Å²) in [5.74, 6) is 4.12.